The molecule has 6 nitrogen and oxygen atoms in total. The van der Waals surface area contributed by atoms with Crippen LogP contribution < -0.4 is 4.90 Å². The molecule has 35 heavy (non-hydrogen) atoms. The van der Waals surface area contributed by atoms with Crippen molar-refractivity contribution in [1.29, 1.82) is 0 Å². The first-order valence-corrected chi connectivity index (χ1v) is 12.4. The van der Waals surface area contributed by atoms with Gasteiger partial charge >= 0.3 is 0 Å². The number of piperazine rings is 1. The topological polar surface area (TPSA) is 53.7 Å². The largest absolute Gasteiger partial charge is 0.365 e. The Morgan fingerprint density at radius 2 is 1.89 bits per heavy atom. The summed E-state index contributed by atoms with van der Waals surface area (Å²) < 4.78 is 1.79. The molecule has 2 aromatic heterocycles. The zero-order valence-corrected chi connectivity index (χ0v) is 21.4. The fraction of sp³-hybridized carbons (Fsp3) is 0.321. The number of rotatable bonds is 4. The number of aromatic nitrogens is 3. The number of fused-ring (bicyclic) bond motifs is 1. The monoisotopic (exact) mass is 487 g/mol. The molecule has 0 spiro atoms. The first-order valence-electron chi connectivity index (χ1n) is 12.0. The maximum Gasteiger partial charge on any atom is 0.259 e. The molecule has 1 amide bonds. The van der Waals surface area contributed by atoms with Gasteiger partial charge in [0.15, 0.2) is 5.65 Å². The van der Waals surface area contributed by atoms with Gasteiger partial charge in [0.05, 0.1) is 6.20 Å². The number of carbonyl (C=O) groups excluding carboxylic acids is 1. The highest BCUT2D eigenvalue weighted by Gasteiger charge is 2.30. The molecule has 0 radical (unpaired) electrons. The normalized spacial score (nSPS) is 16.2. The smallest absolute Gasteiger partial charge is 0.259 e. The number of carbonyl (C=O) groups is 1. The van der Waals surface area contributed by atoms with Gasteiger partial charge in [-0.15, -0.1) is 0 Å². The van der Waals surface area contributed by atoms with E-state index >= 15 is 0 Å². The van der Waals surface area contributed by atoms with Crippen LogP contribution in [0.4, 0.5) is 5.69 Å². The Labute approximate surface area is 211 Å². The van der Waals surface area contributed by atoms with Gasteiger partial charge < -0.3 is 9.80 Å². The zero-order valence-electron chi connectivity index (χ0n) is 20.6. The number of halogens is 1. The Balaban J connectivity index is 1.39. The van der Waals surface area contributed by atoms with Crippen molar-refractivity contribution in [3.8, 4) is 0 Å². The highest BCUT2D eigenvalue weighted by Crippen LogP contribution is 2.26. The SMILES string of the molecule is Cc1cccc(N2CCN(C(=O)c3cnn4c(C)c(Cc5ccccc5Cl)c(C)nc34)C[C@H]2C)c1. The molecular weight excluding hydrogens is 458 g/mol. The highest BCUT2D eigenvalue weighted by atomic mass is 35.5. The quantitative estimate of drug-likeness (QED) is 0.394. The van der Waals surface area contributed by atoms with Crippen molar-refractivity contribution >= 4 is 28.8 Å². The first-order chi connectivity index (χ1) is 16.8. The van der Waals surface area contributed by atoms with E-state index in [0.29, 0.717) is 30.7 Å². The molecule has 0 unspecified atom stereocenters. The molecule has 7 heteroatoms. The lowest BCUT2D eigenvalue weighted by Crippen LogP contribution is -2.53. The van der Waals surface area contributed by atoms with Crippen LogP contribution in [0.5, 0.6) is 0 Å². The van der Waals surface area contributed by atoms with Crippen molar-refractivity contribution in [1.82, 2.24) is 19.5 Å². The predicted octanol–water partition coefficient (Wildman–Crippen LogP) is 5.25. The molecule has 0 bridgehead atoms. The average molecular weight is 488 g/mol. The number of aryl methyl sites for hydroxylation is 3. The van der Waals surface area contributed by atoms with Gasteiger partial charge in [-0.25, -0.2) is 9.50 Å². The van der Waals surface area contributed by atoms with E-state index in [1.807, 2.05) is 43.0 Å². The summed E-state index contributed by atoms with van der Waals surface area (Å²) in [7, 11) is 0. The van der Waals surface area contributed by atoms with Crippen LogP contribution in [0.3, 0.4) is 0 Å². The molecule has 0 saturated carbocycles. The van der Waals surface area contributed by atoms with E-state index in [2.05, 4.69) is 48.1 Å². The summed E-state index contributed by atoms with van der Waals surface area (Å²) in [6.45, 7) is 10.4. The predicted molar refractivity (Wildman–Crippen MR) is 141 cm³/mol. The number of benzene rings is 2. The van der Waals surface area contributed by atoms with Crippen LogP contribution in [0.1, 0.15) is 45.4 Å². The van der Waals surface area contributed by atoms with Crippen molar-refractivity contribution < 1.29 is 4.79 Å². The van der Waals surface area contributed by atoms with Crippen LogP contribution in [-0.4, -0.2) is 51.1 Å². The summed E-state index contributed by atoms with van der Waals surface area (Å²) >= 11 is 6.40. The molecular formula is C28H30ClN5O. The van der Waals surface area contributed by atoms with Gasteiger partial charge in [-0.1, -0.05) is 41.9 Å². The van der Waals surface area contributed by atoms with Gasteiger partial charge in [0.1, 0.15) is 5.56 Å². The summed E-state index contributed by atoms with van der Waals surface area (Å²) in [5.41, 5.74) is 7.60. The molecule has 1 aliphatic heterocycles. The summed E-state index contributed by atoms with van der Waals surface area (Å²) in [6, 6.07) is 16.6. The van der Waals surface area contributed by atoms with Crippen molar-refractivity contribution in [2.45, 2.75) is 40.2 Å². The molecule has 4 aromatic rings. The number of nitrogens with zero attached hydrogens (tertiary/aromatic N) is 5. The summed E-state index contributed by atoms with van der Waals surface area (Å²) in [5, 5.41) is 5.29. The summed E-state index contributed by atoms with van der Waals surface area (Å²) in [6.07, 6.45) is 2.33. The molecule has 1 saturated heterocycles. The van der Waals surface area contributed by atoms with Crippen molar-refractivity contribution in [3.05, 3.63) is 93.4 Å². The Morgan fingerprint density at radius 3 is 2.63 bits per heavy atom. The Morgan fingerprint density at radius 1 is 1.09 bits per heavy atom. The lowest BCUT2D eigenvalue weighted by Gasteiger charge is -2.41. The number of amides is 1. The minimum absolute atomic E-state index is 0.0131. The van der Waals surface area contributed by atoms with E-state index < -0.39 is 0 Å². The Kier molecular flexibility index (Phi) is 6.24. The maximum absolute atomic E-state index is 13.6. The lowest BCUT2D eigenvalue weighted by atomic mass is 10.0. The van der Waals surface area contributed by atoms with E-state index in [1.54, 1.807) is 10.7 Å². The fourth-order valence-corrected chi connectivity index (χ4v) is 5.26. The summed E-state index contributed by atoms with van der Waals surface area (Å²) in [4.78, 5) is 22.7. The molecule has 5 rings (SSSR count). The molecule has 1 atom stereocenters. The van der Waals surface area contributed by atoms with Crippen molar-refractivity contribution in [3.63, 3.8) is 0 Å². The fourth-order valence-electron chi connectivity index (χ4n) is 5.05. The number of hydrogen-bond donors (Lipinski definition) is 0. The van der Waals surface area contributed by atoms with E-state index in [4.69, 9.17) is 16.6 Å². The van der Waals surface area contributed by atoms with Crippen LogP contribution in [0, 0.1) is 20.8 Å². The number of anilines is 1. The van der Waals surface area contributed by atoms with Crippen LogP contribution >= 0.6 is 11.6 Å². The molecule has 1 aliphatic rings. The van der Waals surface area contributed by atoms with E-state index in [-0.39, 0.29) is 11.9 Å². The lowest BCUT2D eigenvalue weighted by molar-refractivity contribution is 0.0728. The second-order valence-electron chi connectivity index (χ2n) is 9.46. The summed E-state index contributed by atoms with van der Waals surface area (Å²) in [5.74, 6) is -0.0131. The third-order valence-corrected chi connectivity index (χ3v) is 7.38. The van der Waals surface area contributed by atoms with Crippen LogP contribution in [0.25, 0.3) is 5.65 Å². The average Bonchev–Trinajstić information content (AvgIpc) is 3.26. The maximum atomic E-state index is 13.6. The van der Waals surface area contributed by atoms with E-state index in [9.17, 15) is 4.79 Å². The van der Waals surface area contributed by atoms with Crippen LogP contribution in [0.15, 0.2) is 54.7 Å². The molecule has 1 fully saturated rings. The minimum atomic E-state index is -0.0131. The van der Waals surface area contributed by atoms with Crippen LogP contribution in [-0.2, 0) is 6.42 Å². The third-order valence-electron chi connectivity index (χ3n) is 7.01. The van der Waals surface area contributed by atoms with E-state index in [1.165, 1.54) is 11.3 Å². The Hall–Kier alpha value is -3.38. The van der Waals surface area contributed by atoms with Gasteiger partial charge in [-0.05, 0) is 62.6 Å². The third kappa shape index (κ3) is 4.39. The molecule has 0 aliphatic carbocycles. The number of hydrogen-bond acceptors (Lipinski definition) is 4. The van der Waals surface area contributed by atoms with Gasteiger partial charge in [0.25, 0.3) is 5.91 Å². The second kappa shape index (κ2) is 9.34. The zero-order chi connectivity index (χ0) is 24.7. The standard InChI is InChI=1S/C28H30ClN5O/c1-18-8-7-10-23(14-18)33-13-12-32(17-19(33)2)28(35)25-16-30-34-21(4)24(20(3)31-27(25)34)15-22-9-5-6-11-26(22)29/h5-11,14,16,19H,12-13,15,17H2,1-4H3/t19-/m1/s1. The second-order valence-corrected chi connectivity index (χ2v) is 9.86. The molecule has 0 N–H and O–H groups in total. The van der Waals surface area contributed by atoms with Gasteiger partial charge in [0.2, 0.25) is 0 Å². The molecule has 180 valence electrons. The van der Waals surface area contributed by atoms with Gasteiger partial charge in [-0.3, -0.25) is 4.79 Å². The molecule has 2 aromatic carbocycles. The highest BCUT2D eigenvalue weighted by molar-refractivity contribution is 6.31. The van der Waals surface area contributed by atoms with Gasteiger partial charge in [0, 0.05) is 54.2 Å². The van der Waals surface area contributed by atoms with Crippen LogP contribution in [0.2, 0.25) is 5.02 Å². The molecule has 3 heterocycles. The van der Waals surface area contributed by atoms with Gasteiger partial charge in [-0.2, -0.15) is 5.10 Å². The first kappa shape index (κ1) is 23.4. The Bertz CT molecular complexity index is 1410. The van der Waals surface area contributed by atoms with Crippen molar-refractivity contribution in [2.75, 3.05) is 24.5 Å². The minimum Gasteiger partial charge on any atom is -0.365 e. The van der Waals surface area contributed by atoms with Crippen molar-refractivity contribution in [2.24, 2.45) is 0 Å². The van der Waals surface area contributed by atoms with E-state index in [0.717, 1.165) is 34.1 Å².